The maximum Gasteiger partial charge on any atom is 0.253 e. The minimum absolute atomic E-state index is 0.160. The molecule has 1 aliphatic carbocycles. The van der Waals surface area contributed by atoms with Crippen LogP contribution in [0.3, 0.4) is 0 Å². The van der Waals surface area contributed by atoms with Crippen LogP contribution in [0.1, 0.15) is 30.1 Å². The van der Waals surface area contributed by atoms with Crippen LogP contribution in [0.2, 0.25) is 5.02 Å². The first-order valence-electron chi connectivity index (χ1n) is 6.69. The summed E-state index contributed by atoms with van der Waals surface area (Å²) in [6, 6.07) is 5.66. The first-order chi connectivity index (χ1) is 9.11. The number of carbonyl (C=O) groups is 1. The zero-order valence-corrected chi connectivity index (χ0v) is 11.9. The summed E-state index contributed by atoms with van der Waals surface area (Å²) in [5.41, 5.74) is 6.68. The van der Waals surface area contributed by atoms with E-state index < -0.39 is 0 Å². The van der Waals surface area contributed by atoms with E-state index in [4.69, 9.17) is 17.3 Å². The van der Waals surface area contributed by atoms with Crippen LogP contribution in [0, 0.1) is 0 Å². The number of rotatable bonds is 6. The van der Waals surface area contributed by atoms with E-state index in [0.29, 0.717) is 22.8 Å². The van der Waals surface area contributed by atoms with Crippen LogP contribution in [-0.2, 0) is 0 Å². The van der Waals surface area contributed by atoms with E-state index in [2.05, 4.69) is 17.1 Å². The molecule has 0 radical (unpaired) electrons. The van der Waals surface area contributed by atoms with Crippen molar-refractivity contribution in [1.29, 1.82) is 0 Å². The molecule has 1 aliphatic rings. The molecule has 1 aromatic rings. The summed E-state index contributed by atoms with van der Waals surface area (Å²) < 4.78 is 0. The number of amides is 1. The van der Waals surface area contributed by atoms with Crippen molar-refractivity contribution in [2.45, 2.75) is 25.8 Å². The van der Waals surface area contributed by atoms with Crippen LogP contribution in [0.25, 0.3) is 0 Å². The Kier molecular flexibility index (Phi) is 4.66. The highest BCUT2D eigenvalue weighted by Gasteiger charge is 2.27. The fraction of sp³-hybridized carbons (Fsp3) is 0.500. The number of anilines is 1. The van der Waals surface area contributed by atoms with Crippen molar-refractivity contribution in [2.75, 3.05) is 25.4 Å². The van der Waals surface area contributed by atoms with E-state index in [1.165, 1.54) is 12.8 Å². The molecule has 19 heavy (non-hydrogen) atoms. The number of nitrogen functional groups attached to an aromatic ring is 1. The number of nitrogens with zero attached hydrogens (tertiary/aromatic N) is 1. The lowest BCUT2D eigenvalue weighted by atomic mass is 10.1. The average molecular weight is 282 g/mol. The third-order valence-electron chi connectivity index (χ3n) is 3.41. The van der Waals surface area contributed by atoms with Crippen LogP contribution >= 0.6 is 11.6 Å². The Morgan fingerprint density at radius 2 is 2.26 bits per heavy atom. The topological polar surface area (TPSA) is 58.4 Å². The first kappa shape index (κ1) is 14.2. The van der Waals surface area contributed by atoms with Gasteiger partial charge < -0.3 is 11.1 Å². The second-order valence-electron chi connectivity index (χ2n) is 4.85. The van der Waals surface area contributed by atoms with Gasteiger partial charge in [0.15, 0.2) is 0 Å². The van der Waals surface area contributed by atoms with Gasteiger partial charge in [0.25, 0.3) is 5.91 Å². The Bertz CT molecular complexity index is 460. The molecule has 0 aliphatic heterocycles. The van der Waals surface area contributed by atoms with Crippen molar-refractivity contribution in [2.24, 2.45) is 0 Å². The van der Waals surface area contributed by atoms with Gasteiger partial charge in [-0.15, -0.1) is 0 Å². The quantitative estimate of drug-likeness (QED) is 0.786. The van der Waals surface area contributed by atoms with E-state index >= 15 is 0 Å². The van der Waals surface area contributed by atoms with Crippen molar-refractivity contribution < 1.29 is 4.79 Å². The van der Waals surface area contributed by atoms with Crippen molar-refractivity contribution in [3.8, 4) is 0 Å². The molecule has 3 N–H and O–H groups in total. The monoisotopic (exact) mass is 281 g/mol. The van der Waals surface area contributed by atoms with Gasteiger partial charge in [-0.05, 0) is 37.6 Å². The molecular weight excluding hydrogens is 262 g/mol. The van der Waals surface area contributed by atoms with Crippen LogP contribution in [0.15, 0.2) is 18.2 Å². The van der Waals surface area contributed by atoms with Gasteiger partial charge in [-0.2, -0.15) is 0 Å². The van der Waals surface area contributed by atoms with E-state index in [1.807, 2.05) is 0 Å². The third-order valence-corrected chi connectivity index (χ3v) is 3.65. The molecule has 1 fully saturated rings. The van der Waals surface area contributed by atoms with Crippen LogP contribution < -0.4 is 11.1 Å². The Morgan fingerprint density at radius 1 is 1.53 bits per heavy atom. The van der Waals surface area contributed by atoms with Gasteiger partial charge >= 0.3 is 0 Å². The molecule has 0 spiro atoms. The molecule has 1 amide bonds. The lowest BCUT2D eigenvalue weighted by Gasteiger charge is -2.19. The molecule has 1 aromatic carbocycles. The van der Waals surface area contributed by atoms with Gasteiger partial charge in [-0.1, -0.05) is 18.5 Å². The summed E-state index contributed by atoms with van der Waals surface area (Å²) in [5, 5.41) is 3.42. The highest BCUT2D eigenvalue weighted by Crippen LogP contribution is 2.25. The van der Waals surface area contributed by atoms with Crippen LogP contribution in [-0.4, -0.2) is 36.5 Å². The number of hydrogen-bond acceptors (Lipinski definition) is 3. The lowest BCUT2D eigenvalue weighted by Crippen LogP contribution is -2.36. The molecule has 1 saturated carbocycles. The molecule has 0 heterocycles. The van der Waals surface area contributed by atoms with E-state index in [-0.39, 0.29) is 5.91 Å². The fourth-order valence-corrected chi connectivity index (χ4v) is 2.34. The molecule has 0 atom stereocenters. The lowest BCUT2D eigenvalue weighted by molar-refractivity contribution is 0.0949. The van der Waals surface area contributed by atoms with Gasteiger partial charge in [0, 0.05) is 29.8 Å². The summed E-state index contributed by atoms with van der Waals surface area (Å²) in [5.74, 6) is -0.160. The zero-order chi connectivity index (χ0) is 13.8. The number of carbonyl (C=O) groups excluding carboxylic acids is 1. The standard InChI is InChI=1S/C14H20ClN3O/c1-2-18(11-4-5-11)8-7-17-14(19)12-9-10(15)3-6-13(12)16/h3,6,9,11H,2,4-5,7-8,16H2,1H3,(H,17,19). The zero-order valence-electron chi connectivity index (χ0n) is 11.2. The summed E-state index contributed by atoms with van der Waals surface area (Å²) >= 11 is 5.87. The first-order valence-corrected chi connectivity index (χ1v) is 7.07. The Balaban J connectivity index is 1.85. The minimum Gasteiger partial charge on any atom is -0.398 e. The molecular formula is C14H20ClN3O. The van der Waals surface area contributed by atoms with Crippen molar-refractivity contribution >= 4 is 23.2 Å². The maximum absolute atomic E-state index is 12.0. The van der Waals surface area contributed by atoms with Gasteiger partial charge in [-0.25, -0.2) is 0 Å². The molecule has 5 heteroatoms. The highest BCUT2D eigenvalue weighted by atomic mass is 35.5. The third kappa shape index (κ3) is 3.85. The predicted molar refractivity (Wildman–Crippen MR) is 78.5 cm³/mol. The number of nitrogens with two attached hydrogens (primary N) is 1. The summed E-state index contributed by atoms with van der Waals surface area (Å²) in [6.45, 7) is 4.69. The number of halogens is 1. The van der Waals surface area contributed by atoms with Gasteiger partial charge in [-0.3, -0.25) is 9.69 Å². The van der Waals surface area contributed by atoms with Gasteiger partial charge in [0.2, 0.25) is 0 Å². The Labute approximate surface area is 118 Å². The molecule has 0 saturated heterocycles. The molecule has 0 bridgehead atoms. The van der Waals surface area contributed by atoms with E-state index in [0.717, 1.165) is 19.1 Å². The second kappa shape index (κ2) is 6.26. The Hall–Kier alpha value is -1.26. The second-order valence-corrected chi connectivity index (χ2v) is 5.28. The summed E-state index contributed by atoms with van der Waals surface area (Å²) in [4.78, 5) is 14.4. The van der Waals surface area contributed by atoms with Crippen molar-refractivity contribution in [1.82, 2.24) is 10.2 Å². The molecule has 0 aromatic heterocycles. The highest BCUT2D eigenvalue weighted by molar-refractivity contribution is 6.31. The van der Waals surface area contributed by atoms with Crippen LogP contribution in [0.4, 0.5) is 5.69 Å². The average Bonchev–Trinajstić information content (AvgIpc) is 3.21. The van der Waals surface area contributed by atoms with Crippen LogP contribution in [0.5, 0.6) is 0 Å². The maximum atomic E-state index is 12.0. The SMILES string of the molecule is CCN(CCNC(=O)c1cc(Cl)ccc1N)C1CC1. The summed E-state index contributed by atoms with van der Waals surface area (Å²) in [7, 11) is 0. The smallest absolute Gasteiger partial charge is 0.253 e. The molecule has 104 valence electrons. The fourth-order valence-electron chi connectivity index (χ4n) is 2.17. The Morgan fingerprint density at radius 3 is 2.89 bits per heavy atom. The number of nitrogens with one attached hydrogen (secondary N) is 1. The number of hydrogen-bond donors (Lipinski definition) is 2. The summed E-state index contributed by atoms with van der Waals surface area (Å²) in [6.07, 6.45) is 2.56. The minimum atomic E-state index is -0.160. The molecule has 4 nitrogen and oxygen atoms in total. The predicted octanol–water partition coefficient (Wildman–Crippen LogP) is 2.14. The van der Waals surface area contributed by atoms with Gasteiger partial charge in [0.1, 0.15) is 0 Å². The van der Waals surface area contributed by atoms with E-state index in [9.17, 15) is 4.79 Å². The van der Waals surface area contributed by atoms with Gasteiger partial charge in [0.05, 0.1) is 5.56 Å². The largest absolute Gasteiger partial charge is 0.398 e. The molecule has 2 rings (SSSR count). The molecule has 0 unspecified atom stereocenters. The van der Waals surface area contributed by atoms with Crippen molar-refractivity contribution in [3.63, 3.8) is 0 Å². The number of likely N-dealkylation sites (N-methyl/N-ethyl adjacent to an activating group) is 1. The number of benzene rings is 1. The van der Waals surface area contributed by atoms with Crippen molar-refractivity contribution in [3.05, 3.63) is 28.8 Å². The van der Waals surface area contributed by atoms with E-state index in [1.54, 1.807) is 18.2 Å². The normalized spacial score (nSPS) is 14.7.